The number of fused-ring (bicyclic) bond motifs is 1. The molecule has 1 aromatic carbocycles. The highest BCUT2D eigenvalue weighted by Crippen LogP contribution is 2.24. The van der Waals surface area contributed by atoms with E-state index in [1.807, 2.05) is 0 Å². The molecule has 1 atom stereocenters. The van der Waals surface area contributed by atoms with Crippen LogP contribution in [-0.2, 0) is 4.74 Å². The zero-order valence-corrected chi connectivity index (χ0v) is 9.82. The van der Waals surface area contributed by atoms with Crippen LogP contribution >= 0.6 is 0 Å². The minimum atomic E-state index is -0.441. The number of ketones is 1. The van der Waals surface area contributed by atoms with Gasteiger partial charge in [0, 0.05) is 18.4 Å². The second kappa shape index (κ2) is 4.53. The number of benzene rings is 1. The van der Waals surface area contributed by atoms with Crippen molar-refractivity contribution in [3.8, 4) is 0 Å². The summed E-state index contributed by atoms with van der Waals surface area (Å²) in [7, 11) is 0. The van der Waals surface area contributed by atoms with Crippen molar-refractivity contribution in [1.82, 2.24) is 0 Å². The van der Waals surface area contributed by atoms with Gasteiger partial charge in [-0.3, -0.25) is 4.79 Å². The number of hydrogen-bond donors (Lipinski definition) is 0. The van der Waals surface area contributed by atoms with Gasteiger partial charge in [0.2, 0.25) is 5.78 Å². The summed E-state index contributed by atoms with van der Waals surface area (Å²) >= 11 is 0. The summed E-state index contributed by atoms with van der Waals surface area (Å²) in [6.07, 6.45) is 2.18. The molecule has 0 radical (unpaired) electrons. The summed E-state index contributed by atoms with van der Waals surface area (Å²) in [5.41, 5.74) is 0.146. The topological polar surface area (TPSA) is 39.4 Å². The van der Waals surface area contributed by atoms with Gasteiger partial charge in [0.1, 0.15) is 0 Å². The van der Waals surface area contributed by atoms with Gasteiger partial charge in [0.15, 0.2) is 17.2 Å². The first kappa shape index (κ1) is 11.4. The molecular formula is C14H13FO3. The number of furan rings is 1. The fourth-order valence-corrected chi connectivity index (χ4v) is 2.28. The SMILES string of the molecule is O=C(CC1CCCO1)c1cc2cccc(F)c2o1. The Bertz CT molecular complexity index is 582. The maximum atomic E-state index is 13.4. The number of Topliss-reactive ketones (excluding diaryl/α,β-unsaturated/α-hetero) is 1. The van der Waals surface area contributed by atoms with Gasteiger partial charge >= 0.3 is 0 Å². The molecule has 3 nitrogen and oxygen atoms in total. The maximum absolute atomic E-state index is 13.4. The molecule has 0 aliphatic carbocycles. The smallest absolute Gasteiger partial charge is 0.200 e. The lowest BCUT2D eigenvalue weighted by atomic mass is 10.1. The second-order valence-corrected chi connectivity index (χ2v) is 4.53. The molecule has 18 heavy (non-hydrogen) atoms. The Hall–Kier alpha value is -1.68. The Balaban J connectivity index is 1.85. The van der Waals surface area contributed by atoms with Crippen molar-refractivity contribution in [2.24, 2.45) is 0 Å². The highest BCUT2D eigenvalue weighted by atomic mass is 19.1. The monoisotopic (exact) mass is 248 g/mol. The molecule has 94 valence electrons. The Kier molecular flexibility index (Phi) is 2.88. The molecule has 4 heteroatoms. The van der Waals surface area contributed by atoms with Gasteiger partial charge < -0.3 is 9.15 Å². The Morgan fingerprint density at radius 3 is 3.06 bits per heavy atom. The molecule has 0 N–H and O–H groups in total. The Labute approximate surface area is 104 Å². The molecule has 0 saturated carbocycles. The van der Waals surface area contributed by atoms with Crippen molar-refractivity contribution in [2.75, 3.05) is 6.61 Å². The van der Waals surface area contributed by atoms with Crippen LogP contribution in [0.15, 0.2) is 28.7 Å². The molecule has 1 saturated heterocycles. The van der Waals surface area contributed by atoms with Crippen LogP contribution in [0.5, 0.6) is 0 Å². The van der Waals surface area contributed by atoms with Gasteiger partial charge in [-0.1, -0.05) is 12.1 Å². The van der Waals surface area contributed by atoms with Crippen molar-refractivity contribution < 1.29 is 18.3 Å². The molecule has 1 unspecified atom stereocenters. The normalized spacial score (nSPS) is 19.5. The number of ether oxygens (including phenoxy) is 1. The summed E-state index contributed by atoms with van der Waals surface area (Å²) in [5.74, 6) is -0.355. The van der Waals surface area contributed by atoms with Gasteiger partial charge in [-0.2, -0.15) is 0 Å². The van der Waals surface area contributed by atoms with Crippen LogP contribution in [0, 0.1) is 5.82 Å². The number of hydrogen-bond acceptors (Lipinski definition) is 3. The molecule has 2 aromatic rings. The summed E-state index contributed by atoms with van der Waals surface area (Å²) in [6, 6.07) is 6.24. The third kappa shape index (κ3) is 2.04. The highest BCUT2D eigenvalue weighted by molar-refractivity contribution is 5.97. The van der Waals surface area contributed by atoms with E-state index in [1.54, 1.807) is 18.2 Å². The highest BCUT2D eigenvalue weighted by Gasteiger charge is 2.22. The first-order chi connectivity index (χ1) is 8.74. The first-order valence-electron chi connectivity index (χ1n) is 6.07. The van der Waals surface area contributed by atoms with Gasteiger partial charge in [-0.05, 0) is 25.0 Å². The number of carbonyl (C=O) groups excluding carboxylic acids is 1. The van der Waals surface area contributed by atoms with Crippen molar-refractivity contribution >= 4 is 16.8 Å². The third-order valence-electron chi connectivity index (χ3n) is 3.21. The maximum Gasteiger partial charge on any atom is 0.200 e. The fraction of sp³-hybridized carbons (Fsp3) is 0.357. The number of para-hydroxylation sites is 1. The molecule has 1 aromatic heterocycles. The fourth-order valence-electron chi connectivity index (χ4n) is 2.28. The largest absolute Gasteiger partial charge is 0.450 e. The van der Waals surface area contributed by atoms with E-state index < -0.39 is 5.82 Å². The van der Waals surface area contributed by atoms with Crippen LogP contribution in [0.1, 0.15) is 29.8 Å². The standard InChI is InChI=1S/C14H13FO3/c15-11-5-1-3-9-7-13(18-14(9)11)12(16)8-10-4-2-6-17-10/h1,3,5,7,10H,2,4,6,8H2. The van der Waals surface area contributed by atoms with Crippen molar-refractivity contribution in [1.29, 1.82) is 0 Å². The molecule has 1 aliphatic heterocycles. The van der Waals surface area contributed by atoms with Crippen LogP contribution in [0.4, 0.5) is 4.39 Å². The Morgan fingerprint density at radius 1 is 1.44 bits per heavy atom. The average molecular weight is 248 g/mol. The molecule has 1 fully saturated rings. The van der Waals surface area contributed by atoms with E-state index in [4.69, 9.17) is 9.15 Å². The molecule has 0 spiro atoms. The number of rotatable bonds is 3. The molecule has 1 aliphatic rings. The van der Waals surface area contributed by atoms with E-state index in [0.29, 0.717) is 18.4 Å². The van der Waals surface area contributed by atoms with Gasteiger partial charge in [0.05, 0.1) is 6.10 Å². The summed E-state index contributed by atoms with van der Waals surface area (Å²) in [4.78, 5) is 12.0. The second-order valence-electron chi connectivity index (χ2n) is 4.53. The quantitative estimate of drug-likeness (QED) is 0.782. The van der Waals surface area contributed by atoms with Crippen LogP contribution in [-0.4, -0.2) is 18.5 Å². The van der Waals surface area contributed by atoms with Crippen LogP contribution in [0.25, 0.3) is 11.0 Å². The zero-order chi connectivity index (χ0) is 12.5. The van der Waals surface area contributed by atoms with E-state index in [1.165, 1.54) is 6.07 Å². The predicted octanol–water partition coefficient (Wildman–Crippen LogP) is 3.32. The van der Waals surface area contributed by atoms with E-state index in [-0.39, 0.29) is 23.2 Å². The Morgan fingerprint density at radius 2 is 2.33 bits per heavy atom. The minimum absolute atomic E-state index is 0.0180. The minimum Gasteiger partial charge on any atom is -0.450 e. The van der Waals surface area contributed by atoms with E-state index in [2.05, 4.69) is 0 Å². The van der Waals surface area contributed by atoms with E-state index in [9.17, 15) is 9.18 Å². The molecule has 3 rings (SSSR count). The zero-order valence-electron chi connectivity index (χ0n) is 9.82. The van der Waals surface area contributed by atoms with Crippen LogP contribution in [0.2, 0.25) is 0 Å². The van der Waals surface area contributed by atoms with Gasteiger partial charge in [0.25, 0.3) is 0 Å². The van der Waals surface area contributed by atoms with Crippen molar-refractivity contribution in [2.45, 2.75) is 25.4 Å². The third-order valence-corrected chi connectivity index (χ3v) is 3.21. The van der Waals surface area contributed by atoms with Gasteiger partial charge in [-0.15, -0.1) is 0 Å². The average Bonchev–Trinajstić information content (AvgIpc) is 2.97. The van der Waals surface area contributed by atoms with Gasteiger partial charge in [-0.25, -0.2) is 4.39 Å². The lowest BCUT2D eigenvalue weighted by Crippen LogP contribution is -2.11. The molecule has 0 bridgehead atoms. The van der Waals surface area contributed by atoms with Crippen molar-refractivity contribution in [3.63, 3.8) is 0 Å². The molecule has 0 amide bonds. The number of halogens is 1. The first-order valence-corrected chi connectivity index (χ1v) is 6.07. The molecular weight excluding hydrogens is 235 g/mol. The summed E-state index contributed by atoms with van der Waals surface area (Å²) in [5, 5.41) is 0.616. The molecule has 2 heterocycles. The van der Waals surface area contributed by atoms with E-state index >= 15 is 0 Å². The van der Waals surface area contributed by atoms with Crippen molar-refractivity contribution in [3.05, 3.63) is 35.8 Å². The number of carbonyl (C=O) groups is 1. The predicted molar refractivity (Wildman–Crippen MR) is 64.1 cm³/mol. The lowest BCUT2D eigenvalue weighted by molar-refractivity contribution is 0.0755. The van der Waals surface area contributed by atoms with Crippen LogP contribution < -0.4 is 0 Å². The summed E-state index contributed by atoms with van der Waals surface area (Å²) in [6.45, 7) is 0.715. The van der Waals surface area contributed by atoms with E-state index in [0.717, 1.165) is 12.8 Å². The van der Waals surface area contributed by atoms with Crippen LogP contribution in [0.3, 0.4) is 0 Å². The lowest BCUT2D eigenvalue weighted by Gasteiger charge is -2.05. The summed E-state index contributed by atoms with van der Waals surface area (Å²) < 4.78 is 24.1.